The lowest BCUT2D eigenvalue weighted by Gasteiger charge is -2.35. The van der Waals surface area contributed by atoms with E-state index in [9.17, 15) is 9.90 Å². The summed E-state index contributed by atoms with van der Waals surface area (Å²) in [6.45, 7) is 4.54. The molecule has 3 heterocycles. The van der Waals surface area contributed by atoms with Gasteiger partial charge < -0.3 is 15.3 Å². The topological polar surface area (TPSA) is 68.7 Å². The summed E-state index contributed by atoms with van der Waals surface area (Å²) < 4.78 is 0. The molecular weight excluding hydrogens is 348 g/mol. The largest absolute Gasteiger partial charge is 0.392 e. The van der Waals surface area contributed by atoms with Gasteiger partial charge in [-0.05, 0) is 6.42 Å². The Morgan fingerprint density at radius 2 is 2.00 bits per heavy atom. The highest BCUT2D eigenvalue weighted by atomic mass is 32.1. The van der Waals surface area contributed by atoms with Gasteiger partial charge in [-0.15, -0.1) is 11.3 Å². The summed E-state index contributed by atoms with van der Waals surface area (Å²) in [5.74, 6) is 0.126. The fraction of sp³-hybridized carbons (Fsp3) is 0.474. The summed E-state index contributed by atoms with van der Waals surface area (Å²) in [5.41, 5.74) is 2.25. The molecule has 0 spiro atoms. The highest BCUT2D eigenvalue weighted by Gasteiger charge is 2.32. The third-order valence-electron chi connectivity index (χ3n) is 5.05. The number of thiazole rings is 1. The minimum atomic E-state index is -0.395. The van der Waals surface area contributed by atoms with Crippen LogP contribution in [0.5, 0.6) is 0 Å². The number of nitrogens with one attached hydrogen (secondary N) is 1. The van der Waals surface area contributed by atoms with Crippen molar-refractivity contribution in [3.8, 4) is 10.6 Å². The molecule has 1 aromatic carbocycles. The van der Waals surface area contributed by atoms with Gasteiger partial charge in [0, 0.05) is 50.2 Å². The number of nitrogens with zero attached hydrogens (tertiary/aromatic N) is 3. The predicted octanol–water partition coefficient (Wildman–Crippen LogP) is 1.18. The number of rotatable bonds is 4. The van der Waals surface area contributed by atoms with Crippen LogP contribution in [0, 0.1) is 0 Å². The van der Waals surface area contributed by atoms with E-state index in [0.29, 0.717) is 13.0 Å². The van der Waals surface area contributed by atoms with Gasteiger partial charge >= 0.3 is 0 Å². The molecule has 0 saturated carbocycles. The number of β-amino-alcohol motifs (C(OH)–C–C–N with tert-alkyl or cyclic N) is 1. The second-order valence-electron chi connectivity index (χ2n) is 6.96. The number of hydrogen-bond donors (Lipinski definition) is 2. The Morgan fingerprint density at radius 3 is 2.69 bits per heavy atom. The molecule has 6 nitrogen and oxygen atoms in total. The number of benzene rings is 1. The van der Waals surface area contributed by atoms with Gasteiger partial charge in [0.15, 0.2) is 0 Å². The molecule has 2 saturated heterocycles. The smallest absolute Gasteiger partial charge is 0.239 e. The summed E-state index contributed by atoms with van der Waals surface area (Å²) in [6, 6.07) is 10.0. The van der Waals surface area contributed by atoms with Crippen molar-refractivity contribution >= 4 is 17.2 Å². The molecule has 4 rings (SSSR count). The Morgan fingerprint density at radius 1 is 1.23 bits per heavy atom. The van der Waals surface area contributed by atoms with E-state index in [2.05, 4.69) is 27.7 Å². The monoisotopic (exact) mass is 372 g/mol. The summed E-state index contributed by atoms with van der Waals surface area (Å²) in [4.78, 5) is 21.5. The van der Waals surface area contributed by atoms with Crippen molar-refractivity contribution in [1.29, 1.82) is 0 Å². The van der Waals surface area contributed by atoms with Gasteiger partial charge in [0.25, 0.3) is 0 Å². The first-order valence-electron chi connectivity index (χ1n) is 9.11. The van der Waals surface area contributed by atoms with Gasteiger partial charge in [0.05, 0.1) is 17.8 Å². The maximum absolute atomic E-state index is 12.5. The molecule has 0 radical (unpaired) electrons. The fourth-order valence-corrected chi connectivity index (χ4v) is 4.39. The van der Waals surface area contributed by atoms with Crippen molar-refractivity contribution in [1.82, 2.24) is 20.1 Å². The van der Waals surface area contributed by atoms with Gasteiger partial charge in [-0.1, -0.05) is 30.3 Å². The maximum atomic E-state index is 12.5. The second kappa shape index (κ2) is 7.84. The van der Waals surface area contributed by atoms with E-state index in [0.717, 1.165) is 49.0 Å². The lowest BCUT2D eigenvalue weighted by Crippen LogP contribution is -2.52. The average molecular weight is 372 g/mol. The number of aromatic nitrogens is 1. The Bertz CT molecular complexity index is 743. The molecule has 26 heavy (non-hydrogen) atoms. The minimum absolute atomic E-state index is 0.126. The highest BCUT2D eigenvalue weighted by molar-refractivity contribution is 7.13. The van der Waals surface area contributed by atoms with E-state index in [1.54, 1.807) is 11.3 Å². The molecule has 2 fully saturated rings. The maximum Gasteiger partial charge on any atom is 0.239 e. The molecule has 0 unspecified atom stereocenters. The molecule has 138 valence electrons. The number of aliphatic hydroxyl groups excluding tert-OH is 1. The van der Waals surface area contributed by atoms with Crippen LogP contribution in [0.25, 0.3) is 10.6 Å². The van der Waals surface area contributed by atoms with E-state index < -0.39 is 6.10 Å². The molecule has 0 bridgehead atoms. The lowest BCUT2D eigenvalue weighted by molar-refractivity contribution is -0.135. The van der Waals surface area contributed by atoms with Crippen molar-refractivity contribution in [2.75, 3.05) is 32.7 Å². The first kappa shape index (κ1) is 17.6. The highest BCUT2D eigenvalue weighted by Crippen LogP contribution is 2.24. The zero-order valence-corrected chi connectivity index (χ0v) is 15.5. The Balaban J connectivity index is 1.29. The zero-order chi connectivity index (χ0) is 17.9. The van der Waals surface area contributed by atoms with E-state index in [1.807, 2.05) is 23.1 Å². The van der Waals surface area contributed by atoms with Crippen LogP contribution in [0.1, 0.15) is 12.1 Å². The molecule has 2 aliphatic rings. The third kappa shape index (κ3) is 3.96. The van der Waals surface area contributed by atoms with E-state index in [4.69, 9.17) is 4.98 Å². The number of amides is 1. The van der Waals surface area contributed by atoms with Crippen LogP contribution in [-0.2, 0) is 11.3 Å². The molecule has 1 aromatic heterocycles. The molecule has 1 amide bonds. The van der Waals surface area contributed by atoms with Gasteiger partial charge in [0.2, 0.25) is 5.91 Å². The van der Waals surface area contributed by atoms with E-state index in [-0.39, 0.29) is 11.9 Å². The standard InChI is InChI=1S/C19H24N4O2S/c24-16-10-17(20-11-16)19(25)23-8-6-22(7-9-23)12-15-13-26-18(21-15)14-4-2-1-3-5-14/h1-5,13,16-17,20,24H,6-12H2/t16-,17+/m1/s1. The number of carbonyl (C=O) groups excluding carboxylic acids is 1. The molecule has 0 aliphatic carbocycles. The van der Waals surface area contributed by atoms with Crippen LogP contribution in [0.15, 0.2) is 35.7 Å². The Labute approximate surface area is 157 Å². The number of aliphatic hydroxyl groups is 1. The lowest BCUT2D eigenvalue weighted by atomic mass is 10.1. The molecular formula is C19H24N4O2S. The van der Waals surface area contributed by atoms with Crippen molar-refractivity contribution in [3.05, 3.63) is 41.4 Å². The normalized spacial score (nSPS) is 24.1. The summed E-state index contributed by atoms with van der Waals surface area (Å²) in [5, 5.41) is 15.9. The van der Waals surface area contributed by atoms with Gasteiger partial charge in [-0.3, -0.25) is 9.69 Å². The van der Waals surface area contributed by atoms with E-state index >= 15 is 0 Å². The van der Waals surface area contributed by atoms with Crippen LogP contribution in [0.3, 0.4) is 0 Å². The van der Waals surface area contributed by atoms with Crippen LogP contribution in [-0.4, -0.2) is 70.7 Å². The SMILES string of the molecule is O=C([C@@H]1C[C@@H](O)CN1)N1CCN(Cc2csc(-c3ccccc3)n2)CC1. The van der Waals surface area contributed by atoms with Crippen molar-refractivity contribution in [3.63, 3.8) is 0 Å². The van der Waals surface area contributed by atoms with Crippen LogP contribution in [0.2, 0.25) is 0 Å². The molecule has 2 N–H and O–H groups in total. The van der Waals surface area contributed by atoms with E-state index in [1.165, 1.54) is 0 Å². The number of piperazine rings is 1. The number of hydrogen-bond acceptors (Lipinski definition) is 6. The first-order chi connectivity index (χ1) is 12.7. The van der Waals surface area contributed by atoms with Crippen molar-refractivity contribution in [2.24, 2.45) is 0 Å². The van der Waals surface area contributed by atoms with Crippen molar-refractivity contribution in [2.45, 2.75) is 25.1 Å². The van der Waals surface area contributed by atoms with Crippen molar-refractivity contribution < 1.29 is 9.90 Å². The first-order valence-corrected chi connectivity index (χ1v) is 9.99. The third-order valence-corrected chi connectivity index (χ3v) is 5.99. The summed E-state index contributed by atoms with van der Waals surface area (Å²) >= 11 is 1.68. The van der Waals surface area contributed by atoms with Crippen LogP contribution >= 0.6 is 11.3 Å². The van der Waals surface area contributed by atoms with Gasteiger partial charge in [-0.25, -0.2) is 4.98 Å². The molecule has 2 aliphatic heterocycles. The number of carbonyl (C=O) groups is 1. The van der Waals surface area contributed by atoms with Gasteiger partial charge in [0.1, 0.15) is 5.01 Å². The quantitative estimate of drug-likeness (QED) is 0.844. The average Bonchev–Trinajstić information content (AvgIpc) is 3.32. The minimum Gasteiger partial charge on any atom is -0.392 e. The van der Waals surface area contributed by atoms with Crippen LogP contribution in [0.4, 0.5) is 0 Å². The second-order valence-corrected chi connectivity index (χ2v) is 7.82. The van der Waals surface area contributed by atoms with Crippen LogP contribution < -0.4 is 5.32 Å². The summed E-state index contributed by atoms with van der Waals surface area (Å²) in [6.07, 6.45) is 0.133. The fourth-order valence-electron chi connectivity index (χ4n) is 3.57. The Hall–Kier alpha value is -1.80. The Kier molecular flexibility index (Phi) is 5.31. The summed E-state index contributed by atoms with van der Waals surface area (Å²) in [7, 11) is 0. The molecule has 2 atom stereocenters. The molecule has 2 aromatic rings. The predicted molar refractivity (Wildman–Crippen MR) is 102 cm³/mol. The molecule has 7 heteroatoms. The van der Waals surface area contributed by atoms with Gasteiger partial charge in [-0.2, -0.15) is 0 Å². The zero-order valence-electron chi connectivity index (χ0n) is 14.7.